The Bertz CT molecular complexity index is 1170. The van der Waals surface area contributed by atoms with Crippen molar-refractivity contribution in [3.05, 3.63) is 94.2 Å². The first-order chi connectivity index (χ1) is 14.6. The Morgan fingerprint density at radius 3 is 2.63 bits per heavy atom. The highest BCUT2D eigenvalue weighted by atomic mass is 35.5. The molecule has 0 saturated heterocycles. The minimum atomic E-state index is -0.591. The van der Waals surface area contributed by atoms with E-state index in [1.165, 1.54) is 6.07 Å². The number of allylic oxidation sites excluding steroid dienone is 1. The van der Waals surface area contributed by atoms with Crippen LogP contribution < -0.4 is 14.2 Å². The second-order valence-electron chi connectivity index (χ2n) is 6.44. The van der Waals surface area contributed by atoms with Gasteiger partial charge in [0, 0.05) is 11.6 Å². The van der Waals surface area contributed by atoms with Crippen molar-refractivity contribution < 1.29 is 23.8 Å². The van der Waals surface area contributed by atoms with Gasteiger partial charge < -0.3 is 14.2 Å². The number of para-hydroxylation sites is 1. The van der Waals surface area contributed by atoms with E-state index < -0.39 is 5.97 Å². The van der Waals surface area contributed by atoms with Gasteiger partial charge in [0.05, 0.1) is 22.8 Å². The molecule has 0 aliphatic carbocycles. The van der Waals surface area contributed by atoms with Crippen LogP contribution in [-0.4, -0.2) is 18.4 Å². The number of ether oxygens (including phenoxy) is 3. The van der Waals surface area contributed by atoms with Gasteiger partial charge in [0.15, 0.2) is 5.76 Å². The molecule has 150 valence electrons. The van der Waals surface area contributed by atoms with Gasteiger partial charge in [0.25, 0.3) is 0 Å². The van der Waals surface area contributed by atoms with Gasteiger partial charge in [-0.1, -0.05) is 41.9 Å². The molecule has 0 N–H and O–H groups in total. The van der Waals surface area contributed by atoms with Crippen LogP contribution in [0, 0.1) is 0 Å². The number of fused-ring (bicyclic) bond motifs is 1. The predicted octanol–water partition coefficient (Wildman–Crippen LogP) is 5.57. The number of carbonyl (C=O) groups is 2. The van der Waals surface area contributed by atoms with E-state index in [2.05, 4.69) is 0 Å². The Hall–Kier alpha value is -3.57. The molecule has 0 aromatic heterocycles. The second kappa shape index (κ2) is 8.43. The summed E-state index contributed by atoms with van der Waals surface area (Å²) in [5.74, 6) is 0.569. The summed E-state index contributed by atoms with van der Waals surface area (Å²) in [5, 5.41) is 0.299. The number of rotatable bonds is 5. The Labute approximate surface area is 178 Å². The fourth-order valence-electron chi connectivity index (χ4n) is 3.05. The predicted molar refractivity (Wildman–Crippen MR) is 113 cm³/mol. The first kappa shape index (κ1) is 19.7. The average Bonchev–Trinajstić information content (AvgIpc) is 3.04. The monoisotopic (exact) mass is 420 g/mol. The molecule has 3 aromatic carbocycles. The van der Waals surface area contributed by atoms with E-state index in [-0.39, 0.29) is 22.9 Å². The maximum Gasteiger partial charge on any atom is 0.345 e. The van der Waals surface area contributed by atoms with Crippen LogP contribution in [0.15, 0.2) is 72.5 Å². The maximum absolute atomic E-state index is 12.7. The Morgan fingerprint density at radius 2 is 1.83 bits per heavy atom. The highest BCUT2D eigenvalue weighted by Crippen LogP contribution is 2.36. The van der Waals surface area contributed by atoms with E-state index in [4.69, 9.17) is 25.8 Å². The third-order valence-electron chi connectivity index (χ3n) is 4.45. The summed E-state index contributed by atoms with van der Waals surface area (Å²) in [6.07, 6.45) is 1.64. The number of ketones is 1. The van der Waals surface area contributed by atoms with Crippen LogP contribution in [0.2, 0.25) is 5.02 Å². The van der Waals surface area contributed by atoms with Gasteiger partial charge in [-0.2, -0.15) is 0 Å². The molecule has 0 spiro atoms. The number of carbonyl (C=O) groups excluding carboxylic acids is 2. The van der Waals surface area contributed by atoms with Crippen molar-refractivity contribution in [1.82, 2.24) is 0 Å². The Kier molecular flexibility index (Phi) is 5.55. The van der Waals surface area contributed by atoms with Crippen molar-refractivity contribution in [2.24, 2.45) is 0 Å². The summed E-state index contributed by atoms with van der Waals surface area (Å²) in [7, 11) is 0. The molecular formula is C24H17ClO5. The van der Waals surface area contributed by atoms with Crippen molar-refractivity contribution in [2.45, 2.75) is 6.92 Å². The maximum atomic E-state index is 12.7. The topological polar surface area (TPSA) is 61.8 Å². The first-order valence-corrected chi connectivity index (χ1v) is 9.71. The molecule has 0 radical (unpaired) electrons. The van der Waals surface area contributed by atoms with Crippen molar-refractivity contribution >= 4 is 29.4 Å². The van der Waals surface area contributed by atoms with Crippen LogP contribution in [0.25, 0.3) is 6.08 Å². The summed E-state index contributed by atoms with van der Waals surface area (Å²) >= 11 is 6.04. The van der Waals surface area contributed by atoms with E-state index in [9.17, 15) is 9.59 Å². The molecule has 4 rings (SSSR count). The summed E-state index contributed by atoms with van der Waals surface area (Å²) < 4.78 is 16.7. The zero-order valence-electron chi connectivity index (χ0n) is 16.1. The fraction of sp³-hybridized carbons (Fsp3) is 0.0833. The van der Waals surface area contributed by atoms with Gasteiger partial charge in [-0.15, -0.1) is 0 Å². The molecule has 3 aromatic rings. The molecule has 0 atom stereocenters. The molecule has 1 heterocycles. The highest BCUT2D eigenvalue weighted by molar-refractivity contribution is 6.33. The Balaban J connectivity index is 1.57. The molecule has 0 bridgehead atoms. The zero-order valence-corrected chi connectivity index (χ0v) is 16.8. The first-order valence-electron chi connectivity index (χ1n) is 9.33. The highest BCUT2D eigenvalue weighted by Gasteiger charge is 2.28. The zero-order chi connectivity index (χ0) is 21.1. The molecule has 1 aliphatic heterocycles. The molecule has 0 fully saturated rings. The van der Waals surface area contributed by atoms with Crippen molar-refractivity contribution in [3.63, 3.8) is 0 Å². The molecule has 0 amide bonds. The van der Waals surface area contributed by atoms with E-state index in [1.807, 2.05) is 31.2 Å². The minimum absolute atomic E-state index is 0.173. The van der Waals surface area contributed by atoms with Crippen LogP contribution in [-0.2, 0) is 0 Å². The lowest BCUT2D eigenvalue weighted by Gasteiger charge is -2.07. The van der Waals surface area contributed by atoms with Crippen LogP contribution in [0.5, 0.6) is 17.2 Å². The lowest BCUT2D eigenvalue weighted by molar-refractivity contribution is 0.0734. The standard InChI is InChI=1S/C24H17ClO5/c1-2-28-20-10-6-3-7-15(20)13-22-23(26)18-12-11-16(14-21(18)30-22)29-24(27)17-8-4-5-9-19(17)25/h3-14H,2H2,1H3/b22-13-. The number of halogens is 1. The smallest absolute Gasteiger partial charge is 0.345 e. The molecule has 0 unspecified atom stereocenters. The van der Waals surface area contributed by atoms with Gasteiger partial charge in [-0.3, -0.25) is 4.79 Å². The Morgan fingerprint density at radius 1 is 1.07 bits per heavy atom. The summed E-state index contributed by atoms with van der Waals surface area (Å²) in [6, 6.07) is 18.6. The number of benzene rings is 3. The van der Waals surface area contributed by atoms with Crippen LogP contribution in [0.4, 0.5) is 0 Å². The summed E-state index contributed by atoms with van der Waals surface area (Å²) in [4.78, 5) is 25.1. The van der Waals surface area contributed by atoms with E-state index in [1.54, 1.807) is 42.5 Å². The normalized spacial score (nSPS) is 13.7. The van der Waals surface area contributed by atoms with Crippen LogP contribution >= 0.6 is 11.6 Å². The fourth-order valence-corrected chi connectivity index (χ4v) is 3.26. The van der Waals surface area contributed by atoms with Gasteiger partial charge in [0.2, 0.25) is 5.78 Å². The average molecular weight is 421 g/mol. The van der Waals surface area contributed by atoms with Crippen molar-refractivity contribution in [2.75, 3.05) is 6.61 Å². The number of esters is 1. The molecule has 30 heavy (non-hydrogen) atoms. The van der Waals surface area contributed by atoms with Crippen LogP contribution in [0.3, 0.4) is 0 Å². The van der Waals surface area contributed by atoms with Crippen molar-refractivity contribution in [1.29, 1.82) is 0 Å². The second-order valence-corrected chi connectivity index (χ2v) is 6.85. The van der Waals surface area contributed by atoms with E-state index >= 15 is 0 Å². The number of hydrogen-bond acceptors (Lipinski definition) is 5. The largest absolute Gasteiger partial charge is 0.493 e. The quantitative estimate of drug-likeness (QED) is 0.306. The van der Waals surface area contributed by atoms with Gasteiger partial charge >= 0.3 is 5.97 Å². The number of Topliss-reactive ketones (excluding diaryl/α,β-unsaturated/α-hetero) is 1. The molecule has 6 heteroatoms. The van der Waals surface area contributed by atoms with Crippen LogP contribution in [0.1, 0.15) is 33.2 Å². The molecule has 5 nitrogen and oxygen atoms in total. The summed E-state index contributed by atoms with van der Waals surface area (Å²) in [5.41, 5.74) is 1.39. The van der Waals surface area contributed by atoms with Gasteiger partial charge in [-0.05, 0) is 43.3 Å². The SMILES string of the molecule is CCOc1ccccc1/C=C1\Oc2cc(OC(=O)c3ccccc3Cl)ccc2C1=O. The van der Waals surface area contributed by atoms with E-state index in [0.29, 0.717) is 28.7 Å². The molecule has 1 aliphatic rings. The van der Waals surface area contributed by atoms with Crippen molar-refractivity contribution in [3.8, 4) is 17.2 Å². The molecule has 0 saturated carbocycles. The lowest BCUT2D eigenvalue weighted by Crippen LogP contribution is -2.09. The minimum Gasteiger partial charge on any atom is -0.493 e. The number of hydrogen-bond donors (Lipinski definition) is 0. The van der Waals surface area contributed by atoms with E-state index in [0.717, 1.165) is 5.56 Å². The third kappa shape index (κ3) is 3.93. The third-order valence-corrected chi connectivity index (χ3v) is 4.78. The molecular weight excluding hydrogens is 404 g/mol. The van der Waals surface area contributed by atoms with Gasteiger partial charge in [0.1, 0.15) is 17.2 Å². The lowest BCUT2D eigenvalue weighted by atomic mass is 10.1. The summed E-state index contributed by atoms with van der Waals surface area (Å²) in [6.45, 7) is 2.40. The van der Waals surface area contributed by atoms with Gasteiger partial charge in [-0.25, -0.2) is 4.79 Å².